The molecule has 4 aliphatic carbocycles. The molecule has 0 spiro atoms. The summed E-state index contributed by atoms with van der Waals surface area (Å²) in [7, 11) is 0. The van der Waals surface area contributed by atoms with Gasteiger partial charge in [-0.1, -0.05) is 6.08 Å². The van der Waals surface area contributed by atoms with E-state index >= 15 is 0 Å². The van der Waals surface area contributed by atoms with Crippen LogP contribution in [0.4, 0.5) is 13.2 Å². The average Bonchev–Trinajstić information content (AvgIpc) is 3.19. The molecule has 0 radical (unpaired) electrons. The van der Waals surface area contributed by atoms with E-state index in [2.05, 4.69) is 15.7 Å². The van der Waals surface area contributed by atoms with Crippen LogP contribution in [0.2, 0.25) is 0 Å². The van der Waals surface area contributed by atoms with E-state index in [9.17, 15) is 27.9 Å². The summed E-state index contributed by atoms with van der Waals surface area (Å²) in [5.74, 6) is -0.253. The van der Waals surface area contributed by atoms with Crippen molar-refractivity contribution >= 4 is 18.0 Å². The number of carbonyl (C=O) groups excluding carboxylic acids is 2. The molecule has 4 fully saturated rings. The van der Waals surface area contributed by atoms with E-state index in [1.54, 1.807) is 20.8 Å². The van der Waals surface area contributed by atoms with Crippen LogP contribution in [-0.2, 0) is 11.0 Å². The number of aliphatic hydroxyl groups excluding tert-OH is 1. The van der Waals surface area contributed by atoms with E-state index in [-0.39, 0.29) is 35.8 Å². The number of hydrogen-bond acceptors (Lipinski definition) is 4. The maximum atomic E-state index is 14.0. The normalized spacial score (nSPS) is 30.7. The van der Waals surface area contributed by atoms with Crippen LogP contribution in [0.3, 0.4) is 0 Å². The van der Waals surface area contributed by atoms with E-state index < -0.39 is 28.8 Å². The van der Waals surface area contributed by atoms with Crippen LogP contribution in [0.1, 0.15) is 68.9 Å². The Balaban J connectivity index is 1.56. The molecule has 2 amide bonds. The number of aliphatic hydroxyl groups is 1. The highest BCUT2D eigenvalue weighted by Gasteiger charge is 2.55. The van der Waals surface area contributed by atoms with E-state index in [0.717, 1.165) is 44.5 Å². The molecule has 1 aromatic heterocycles. The van der Waals surface area contributed by atoms with E-state index in [1.165, 1.54) is 6.08 Å². The minimum atomic E-state index is -4.81. The predicted molar refractivity (Wildman–Crippen MR) is 119 cm³/mol. The predicted octanol–water partition coefficient (Wildman–Crippen LogP) is 3.45. The Hall–Kier alpha value is -2.36. The van der Waals surface area contributed by atoms with Gasteiger partial charge in [-0.3, -0.25) is 9.59 Å². The molecule has 188 valence electrons. The summed E-state index contributed by atoms with van der Waals surface area (Å²) in [4.78, 5) is 25.2. The standard InChI is InChI=1S/C24H33F3N4O3/c1-4-28-21(34)22(2,3)5-6-31-19(24(25,26)27)17(12-29-31)20(33)30-18-15-7-14-8-16(18)11-23(9-14,10-15)13-32/h5-6,12,14-16,18,32H,4,7-11,13H2,1-3H3,(H,28,34)(H,30,33)/b6-5+/t14?,15?,16?,18-,23-. The third-order valence-corrected chi connectivity index (χ3v) is 7.90. The first-order valence-corrected chi connectivity index (χ1v) is 11.9. The summed E-state index contributed by atoms with van der Waals surface area (Å²) >= 11 is 0. The van der Waals surface area contributed by atoms with Crippen molar-refractivity contribution in [2.24, 2.45) is 28.6 Å². The Labute approximate surface area is 197 Å². The zero-order valence-electron chi connectivity index (χ0n) is 19.8. The van der Waals surface area contributed by atoms with Crippen LogP contribution in [0, 0.1) is 28.6 Å². The van der Waals surface area contributed by atoms with Crippen LogP contribution in [-0.4, -0.2) is 45.9 Å². The second-order valence-corrected chi connectivity index (χ2v) is 10.9. The molecule has 3 N–H and O–H groups in total. The highest BCUT2D eigenvalue weighted by Crippen LogP contribution is 2.59. The monoisotopic (exact) mass is 482 g/mol. The number of nitrogens with one attached hydrogen (secondary N) is 2. The van der Waals surface area contributed by atoms with Crippen LogP contribution in [0.25, 0.3) is 6.20 Å². The van der Waals surface area contributed by atoms with Crippen molar-refractivity contribution in [3.8, 4) is 0 Å². The van der Waals surface area contributed by atoms with Gasteiger partial charge in [0, 0.05) is 25.4 Å². The number of aromatic nitrogens is 2. The number of nitrogens with zero attached hydrogens (tertiary/aromatic N) is 2. The summed E-state index contributed by atoms with van der Waals surface area (Å²) in [5.41, 5.74) is -2.85. The fourth-order valence-corrected chi connectivity index (χ4v) is 6.50. The van der Waals surface area contributed by atoms with Crippen molar-refractivity contribution in [3.63, 3.8) is 0 Å². The summed E-state index contributed by atoms with van der Waals surface area (Å²) in [6.45, 7) is 5.46. The number of carbonyl (C=O) groups is 2. The molecular formula is C24H33F3N4O3. The number of halogens is 3. The lowest BCUT2D eigenvalue weighted by Crippen LogP contribution is -2.60. The molecule has 4 aliphatic rings. The molecule has 10 heteroatoms. The molecule has 0 aliphatic heterocycles. The lowest BCUT2D eigenvalue weighted by Gasteiger charge is -2.59. The smallest absolute Gasteiger partial charge is 0.396 e. The summed E-state index contributed by atoms with van der Waals surface area (Å²) in [6, 6.07) is -0.194. The van der Waals surface area contributed by atoms with Gasteiger partial charge in [0.2, 0.25) is 5.91 Å². The van der Waals surface area contributed by atoms with Crippen molar-refractivity contribution in [1.29, 1.82) is 0 Å². The summed E-state index contributed by atoms with van der Waals surface area (Å²) in [6.07, 6.45) is 3.02. The maximum absolute atomic E-state index is 14.0. The molecule has 4 saturated carbocycles. The quantitative estimate of drug-likeness (QED) is 0.555. The highest BCUT2D eigenvalue weighted by molar-refractivity contribution is 5.95. The van der Waals surface area contributed by atoms with Gasteiger partial charge in [0.1, 0.15) is 0 Å². The number of alkyl halides is 3. The van der Waals surface area contributed by atoms with E-state index in [0.29, 0.717) is 17.1 Å². The first-order chi connectivity index (χ1) is 15.9. The first-order valence-electron chi connectivity index (χ1n) is 11.9. The minimum Gasteiger partial charge on any atom is -0.396 e. The maximum Gasteiger partial charge on any atom is 0.434 e. The molecule has 0 aromatic carbocycles. The van der Waals surface area contributed by atoms with E-state index in [1.807, 2.05) is 0 Å². The molecule has 2 unspecified atom stereocenters. The van der Waals surface area contributed by atoms with E-state index in [4.69, 9.17) is 0 Å². The molecule has 0 saturated heterocycles. The van der Waals surface area contributed by atoms with Crippen LogP contribution < -0.4 is 10.6 Å². The van der Waals surface area contributed by atoms with Gasteiger partial charge in [-0.25, -0.2) is 4.68 Å². The van der Waals surface area contributed by atoms with Crippen molar-refractivity contribution in [3.05, 3.63) is 23.5 Å². The van der Waals surface area contributed by atoms with Crippen molar-refractivity contribution in [1.82, 2.24) is 20.4 Å². The molecule has 5 rings (SSSR count). The second-order valence-electron chi connectivity index (χ2n) is 10.9. The topological polar surface area (TPSA) is 96.2 Å². The third-order valence-electron chi connectivity index (χ3n) is 7.90. The Kier molecular flexibility index (Phi) is 6.33. The van der Waals surface area contributed by atoms with Gasteiger partial charge in [0.05, 0.1) is 17.2 Å². The van der Waals surface area contributed by atoms with Crippen molar-refractivity contribution in [2.75, 3.05) is 13.2 Å². The molecule has 1 aromatic rings. The van der Waals surface area contributed by atoms with Gasteiger partial charge in [0.25, 0.3) is 5.91 Å². The second kappa shape index (κ2) is 8.70. The molecule has 4 bridgehead atoms. The average molecular weight is 483 g/mol. The van der Waals surface area contributed by atoms with Gasteiger partial charge >= 0.3 is 6.18 Å². The zero-order chi connectivity index (χ0) is 24.9. The molecule has 2 atom stereocenters. The van der Waals surface area contributed by atoms with Gasteiger partial charge in [-0.2, -0.15) is 18.3 Å². The Bertz CT molecular complexity index is 969. The lowest BCUT2D eigenvalue weighted by molar-refractivity contribution is -0.142. The number of amides is 2. The Morgan fingerprint density at radius 2 is 1.88 bits per heavy atom. The Morgan fingerprint density at radius 1 is 1.24 bits per heavy atom. The number of hydrogen-bond donors (Lipinski definition) is 3. The fourth-order valence-electron chi connectivity index (χ4n) is 6.50. The van der Waals surface area contributed by atoms with Gasteiger partial charge < -0.3 is 15.7 Å². The number of rotatable bonds is 7. The SMILES string of the molecule is CCNC(=O)C(C)(C)/C=C/n1ncc(C(=O)N[C@H]2C3CC4CC2C[C@](CO)(C4)C3)c1C(F)(F)F. The third kappa shape index (κ3) is 4.48. The van der Waals surface area contributed by atoms with Gasteiger partial charge in [-0.15, -0.1) is 0 Å². The fraction of sp³-hybridized carbons (Fsp3) is 0.708. The molecule has 1 heterocycles. The van der Waals surface area contributed by atoms with Crippen molar-refractivity contribution < 1.29 is 27.9 Å². The highest BCUT2D eigenvalue weighted by atomic mass is 19.4. The summed E-state index contributed by atoms with van der Waals surface area (Å²) in [5, 5.41) is 19.3. The molecule has 7 nitrogen and oxygen atoms in total. The van der Waals surface area contributed by atoms with Crippen LogP contribution in [0.5, 0.6) is 0 Å². The minimum absolute atomic E-state index is 0.0958. The first kappa shape index (κ1) is 24.8. The van der Waals surface area contributed by atoms with Crippen LogP contribution in [0.15, 0.2) is 12.3 Å². The van der Waals surface area contributed by atoms with Crippen molar-refractivity contribution in [2.45, 2.75) is 65.1 Å². The lowest BCUT2D eigenvalue weighted by atomic mass is 9.48. The van der Waals surface area contributed by atoms with Crippen LogP contribution >= 0.6 is 0 Å². The van der Waals surface area contributed by atoms with Gasteiger partial charge in [-0.05, 0) is 76.0 Å². The largest absolute Gasteiger partial charge is 0.434 e. The van der Waals surface area contributed by atoms with Gasteiger partial charge in [0.15, 0.2) is 5.69 Å². The molecule has 34 heavy (non-hydrogen) atoms. The molecular weight excluding hydrogens is 449 g/mol. The summed E-state index contributed by atoms with van der Waals surface area (Å²) < 4.78 is 42.6. The Morgan fingerprint density at radius 3 is 2.44 bits per heavy atom. The zero-order valence-corrected chi connectivity index (χ0v) is 19.8.